The second-order valence-corrected chi connectivity index (χ2v) is 3.72. The number of nitrogens with zero attached hydrogens (tertiary/aromatic N) is 1. The van der Waals surface area contributed by atoms with Crippen LogP contribution in [0.15, 0.2) is 0 Å². The maximum absolute atomic E-state index is 11.3. The summed E-state index contributed by atoms with van der Waals surface area (Å²) in [6, 6.07) is 0. The number of rotatable bonds is 4. The minimum atomic E-state index is -0.791. The van der Waals surface area contributed by atoms with Gasteiger partial charge in [0, 0.05) is 32.0 Å². The quantitative estimate of drug-likeness (QED) is 0.641. The zero-order valence-electron chi connectivity index (χ0n) is 8.27. The number of carbonyl (C=O) groups excluding carboxylic acids is 1. The van der Waals surface area contributed by atoms with E-state index in [4.69, 9.17) is 10.8 Å². The molecule has 0 spiro atoms. The molecule has 0 aromatic carbocycles. The molecule has 0 bridgehead atoms. The predicted octanol–water partition coefficient (Wildman–Crippen LogP) is -0.486. The number of nitrogens with two attached hydrogens (primary N) is 1. The van der Waals surface area contributed by atoms with Gasteiger partial charge < -0.3 is 15.7 Å². The molecule has 1 aliphatic rings. The summed E-state index contributed by atoms with van der Waals surface area (Å²) in [6.45, 7) is 3.16. The van der Waals surface area contributed by atoms with Crippen molar-refractivity contribution >= 4 is 11.9 Å². The molecule has 0 aromatic heterocycles. The molecule has 0 aromatic rings. The predicted molar refractivity (Wildman–Crippen MR) is 50.5 cm³/mol. The van der Waals surface area contributed by atoms with Crippen molar-refractivity contribution < 1.29 is 14.7 Å². The number of carboxylic acids is 1. The number of hydrogen-bond acceptors (Lipinski definition) is 3. The van der Waals surface area contributed by atoms with Crippen LogP contribution in [0.5, 0.6) is 0 Å². The van der Waals surface area contributed by atoms with E-state index >= 15 is 0 Å². The van der Waals surface area contributed by atoms with Crippen LogP contribution in [0.1, 0.15) is 13.3 Å². The monoisotopic (exact) mass is 200 g/mol. The van der Waals surface area contributed by atoms with Crippen LogP contribution in [-0.2, 0) is 9.59 Å². The molecule has 1 amide bonds. The molecule has 0 aliphatic carbocycles. The molecule has 1 rings (SSSR count). The van der Waals surface area contributed by atoms with Crippen LogP contribution in [0.4, 0.5) is 0 Å². The molecule has 80 valence electrons. The van der Waals surface area contributed by atoms with Crippen molar-refractivity contribution in [3.05, 3.63) is 0 Å². The summed E-state index contributed by atoms with van der Waals surface area (Å²) in [6.07, 6.45) is 0.355. The zero-order valence-corrected chi connectivity index (χ0v) is 8.27. The summed E-state index contributed by atoms with van der Waals surface area (Å²) >= 11 is 0. The normalized spacial score (nSPS) is 18.9. The van der Waals surface area contributed by atoms with Crippen LogP contribution in [-0.4, -0.2) is 41.5 Å². The van der Waals surface area contributed by atoms with E-state index in [1.807, 2.05) is 0 Å². The SMILES string of the molecule is CC(C(=O)O)C1CN(C(=O)CCN)C1. The van der Waals surface area contributed by atoms with Crippen LogP contribution in [0.2, 0.25) is 0 Å². The van der Waals surface area contributed by atoms with Gasteiger partial charge in [0.2, 0.25) is 5.91 Å². The third-order valence-corrected chi connectivity index (χ3v) is 2.72. The number of hydrogen-bond donors (Lipinski definition) is 2. The van der Waals surface area contributed by atoms with Gasteiger partial charge in [-0.25, -0.2) is 0 Å². The van der Waals surface area contributed by atoms with Gasteiger partial charge in [0.15, 0.2) is 0 Å². The molecule has 1 unspecified atom stereocenters. The molecule has 1 saturated heterocycles. The fourth-order valence-electron chi connectivity index (χ4n) is 1.52. The fourth-order valence-corrected chi connectivity index (χ4v) is 1.52. The summed E-state index contributed by atoms with van der Waals surface area (Å²) in [5, 5.41) is 8.72. The Balaban J connectivity index is 2.29. The lowest BCUT2D eigenvalue weighted by Crippen LogP contribution is -2.53. The van der Waals surface area contributed by atoms with E-state index in [1.165, 1.54) is 0 Å². The molecular formula is C9H16N2O3. The maximum atomic E-state index is 11.3. The number of likely N-dealkylation sites (tertiary alicyclic amines) is 1. The summed E-state index contributed by atoms with van der Waals surface area (Å²) in [7, 11) is 0. The first-order valence-corrected chi connectivity index (χ1v) is 4.77. The van der Waals surface area contributed by atoms with Gasteiger partial charge in [-0.15, -0.1) is 0 Å². The van der Waals surface area contributed by atoms with E-state index in [2.05, 4.69) is 0 Å². The Labute approximate surface area is 82.9 Å². The van der Waals surface area contributed by atoms with Crippen LogP contribution in [0.3, 0.4) is 0 Å². The van der Waals surface area contributed by atoms with Crippen molar-refractivity contribution in [2.45, 2.75) is 13.3 Å². The van der Waals surface area contributed by atoms with Crippen LogP contribution in [0, 0.1) is 11.8 Å². The molecule has 5 heteroatoms. The standard InChI is InChI=1S/C9H16N2O3/c1-6(9(13)14)7-4-11(5-7)8(12)2-3-10/h6-7H,2-5,10H2,1H3,(H,13,14). The Morgan fingerprint density at radius 1 is 1.57 bits per heavy atom. The minimum Gasteiger partial charge on any atom is -0.481 e. The van der Waals surface area contributed by atoms with E-state index < -0.39 is 5.97 Å². The Kier molecular flexibility index (Phi) is 3.46. The molecule has 5 nitrogen and oxygen atoms in total. The summed E-state index contributed by atoms with van der Waals surface area (Å²) < 4.78 is 0. The van der Waals surface area contributed by atoms with E-state index in [1.54, 1.807) is 11.8 Å². The third-order valence-electron chi connectivity index (χ3n) is 2.72. The number of amides is 1. The van der Waals surface area contributed by atoms with Gasteiger partial charge in [-0.3, -0.25) is 9.59 Å². The van der Waals surface area contributed by atoms with Gasteiger partial charge >= 0.3 is 5.97 Å². The maximum Gasteiger partial charge on any atom is 0.306 e. The largest absolute Gasteiger partial charge is 0.481 e. The van der Waals surface area contributed by atoms with Crippen LogP contribution in [0.25, 0.3) is 0 Å². The molecule has 3 N–H and O–H groups in total. The van der Waals surface area contributed by atoms with Gasteiger partial charge in [-0.2, -0.15) is 0 Å². The lowest BCUT2D eigenvalue weighted by Gasteiger charge is -2.41. The Hall–Kier alpha value is -1.10. The van der Waals surface area contributed by atoms with Gasteiger partial charge in [-0.05, 0) is 0 Å². The average Bonchev–Trinajstić information content (AvgIpc) is 2.01. The molecule has 14 heavy (non-hydrogen) atoms. The molecule has 1 aliphatic heterocycles. The molecule has 1 atom stereocenters. The second kappa shape index (κ2) is 4.41. The first-order valence-electron chi connectivity index (χ1n) is 4.77. The number of carboxylic acid groups (broad SMARTS) is 1. The molecule has 0 radical (unpaired) electrons. The van der Waals surface area contributed by atoms with E-state index in [0.717, 1.165) is 0 Å². The summed E-state index contributed by atoms with van der Waals surface area (Å²) in [4.78, 5) is 23.5. The smallest absolute Gasteiger partial charge is 0.306 e. The van der Waals surface area contributed by atoms with Gasteiger partial charge in [0.1, 0.15) is 0 Å². The van der Waals surface area contributed by atoms with Crippen molar-refractivity contribution in [3.8, 4) is 0 Å². The van der Waals surface area contributed by atoms with Crippen molar-refractivity contribution in [1.29, 1.82) is 0 Å². The van der Waals surface area contributed by atoms with Crippen LogP contribution >= 0.6 is 0 Å². The minimum absolute atomic E-state index is 0.0290. The highest BCUT2D eigenvalue weighted by Crippen LogP contribution is 2.24. The zero-order chi connectivity index (χ0) is 10.7. The van der Waals surface area contributed by atoms with Gasteiger partial charge in [0.25, 0.3) is 0 Å². The lowest BCUT2D eigenvalue weighted by molar-refractivity contribution is -0.150. The van der Waals surface area contributed by atoms with Crippen molar-refractivity contribution in [2.24, 2.45) is 17.6 Å². The van der Waals surface area contributed by atoms with E-state index in [-0.39, 0.29) is 17.7 Å². The average molecular weight is 200 g/mol. The third kappa shape index (κ3) is 2.23. The second-order valence-electron chi connectivity index (χ2n) is 3.72. The van der Waals surface area contributed by atoms with Gasteiger partial charge in [-0.1, -0.05) is 6.92 Å². The van der Waals surface area contributed by atoms with Crippen molar-refractivity contribution in [2.75, 3.05) is 19.6 Å². The highest BCUT2D eigenvalue weighted by atomic mass is 16.4. The van der Waals surface area contributed by atoms with E-state index in [9.17, 15) is 9.59 Å². The molecular weight excluding hydrogens is 184 g/mol. The highest BCUT2D eigenvalue weighted by molar-refractivity contribution is 5.78. The molecule has 1 heterocycles. The Morgan fingerprint density at radius 2 is 2.14 bits per heavy atom. The van der Waals surface area contributed by atoms with Crippen LogP contribution < -0.4 is 5.73 Å². The fraction of sp³-hybridized carbons (Fsp3) is 0.778. The summed E-state index contributed by atoms with van der Waals surface area (Å²) in [5.41, 5.74) is 5.25. The first kappa shape index (κ1) is 11.0. The highest BCUT2D eigenvalue weighted by Gasteiger charge is 2.36. The molecule has 0 saturated carbocycles. The van der Waals surface area contributed by atoms with Crippen molar-refractivity contribution in [1.82, 2.24) is 4.90 Å². The van der Waals surface area contributed by atoms with Gasteiger partial charge in [0.05, 0.1) is 5.92 Å². The first-order chi connectivity index (χ1) is 6.56. The Morgan fingerprint density at radius 3 is 2.57 bits per heavy atom. The lowest BCUT2D eigenvalue weighted by atomic mass is 9.87. The number of carbonyl (C=O) groups is 2. The Bertz CT molecular complexity index is 236. The number of aliphatic carboxylic acids is 1. The molecule has 1 fully saturated rings. The topological polar surface area (TPSA) is 83.6 Å². The van der Waals surface area contributed by atoms with Crippen molar-refractivity contribution in [3.63, 3.8) is 0 Å². The van der Waals surface area contributed by atoms with E-state index in [0.29, 0.717) is 26.1 Å². The summed E-state index contributed by atoms with van der Waals surface area (Å²) in [5.74, 6) is -1.02.